The molecule has 3 aromatic rings. The number of allylic oxidation sites excluding steroid dienone is 12. The summed E-state index contributed by atoms with van der Waals surface area (Å²) >= 11 is 0. The van der Waals surface area contributed by atoms with Crippen molar-refractivity contribution in [3.63, 3.8) is 0 Å². The predicted octanol–water partition coefficient (Wildman–Crippen LogP) is 9.94. The molecule has 1 heteroatoms. The maximum Gasteiger partial charge on any atom is 0.193 e. The summed E-state index contributed by atoms with van der Waals surface area (Å²) in [5.74, 6) is 1.09. The molecule has 0 bridgehead atoms. The molecule has 0 fully saturated rings. The van der Waals surface area contributed by atoms with E-state index in [1.54, 1.807) is 0 Å². The molecule has 7 rings (SSSR count). The summed E-state index contributed by atoms with van der Waals surface area (Å²) in [6.07, 6.45) is 18.2. The van der Waals surface area contributed by atoms with E-state index in [1.165, 1.54) is 33.4 Å². The zero-order valence-electron chi connectivity index (χ0n) is 23.9. The van der Waals surface area contributed by atoms with Gasteiger partial charge in [0.05, 0.1) is 0 Å². The number of fused-ring (bicyclic) bond motifs is 4. The summed E-state index contributed by atoms with van der Waals surface area (Å²) in [6, 6.07) is 23.2. The van der Waals surface area contributed by atoms with Gasteiger partial charge in [0.15, 0.2) is 5.78 Å². The Morgan fingerprint density at radius 1 is 0.675 bits per heavy atom. The highest BCUT2D eigenvalue weighted by atomic mass is 16.1. The topological polar surface area (TPSA) is 17.1 Å². The maximum absolute atomic E-state index is 14.4. The van der Waals surface area contributed by atoms with Gasteiger partial charge in [-0.2, -0.15) is 0 Å². The van der Waals surface area contributed by atoms with Gasteiger partial charge in [-0.3, -0.25) is 4.79 Å². The average Bonchev–Trinajstić information content (AvgIpc) is 2.95. The first-order valence-corrected chi connectivity index (χ1v) is 14.7. The summed E-state index contributed by atoms with van der Waals surface area (Å²) < 4.78 is 0. The van der Waals surface area contributed by atoms with Crippen LogP contribution in [0.5, 0.6) is 0 Å². The molecule has 4 aliphatic rings. The lowest BCUT2D eigenvalue weighted by atomic mass is 9.39. The van der Waals surface area contributed by atoms with Gasteiger partial charge in [-0.05, 0) is 81.0 Å². The molecule has 0 amide bonds. The van der Waals surface area contributed by atoms with E-state index < -0.39 is 0 Å². The van der Waals surface area contributed by atoms with Crippen LogP contribution in [0.4, 0.5) is 0 Å². The number of hydrogen-bond acceptors (Lipinski definition) is 1. The fourth-order valence-corrected chi connectivity index (χ4v) is 8.29. The summed E-state index contributed by atoms with van der Waals surface area (Å²) in [4.78, 5) is 14.4. The maximum atomic E-state index is 14.4. The normalized spacial score (nSPS) is 24.1. The Morgan fingerprint density at radius 2 is 1.30 bits per heavy atom. The highest BCUT2D eigenvalue weighted by Gasteiger charge is 2.63. The van der Waals surface area contributed by atoms with Gasteiger partial charge < -0.3 is 0 Å². The van der Waals surface area contributed by atoms with E-state index in [9.17, 15) is 4.79 Å². The van der Waals surface area contributed by atoms with Crippen LogP contribution in [-0.2, 0) is 0 Å². The summed E-state index contributed by atoms with van der Waals surface area (Å²) in [7, 11) is 0. The molecule has 2 unspecified atom stereocenters. The standard InChI is InChI=1S/C39H36O/c1-25(2)23-38-29-13-10-18-35(38)32-15-7-8-16-33(32)36-22-28(21-30(20-19-29)39(36,38)24-26(3)4)37(40)34-17-9-12-27-11-5-6-14-31(27)34/h5-22,25-26H,23-24H2,1-4H3. The van der Waals surface area contributed by atoms with Crippen LogP contribution in [0, 0.1) is 22.7 Å². The summed E-state index contributed by atoms with van der Waals surface area (Å²) in [5.41, 5.74) is 9.16. The van der Waals surface area contributed by atoms with Crippen LogP contribution in [-0.4, -0.2) is 5.78 Å². The zero-order chi connectivity index (χ0) is 27.6. The van der Waals surface area contributed by atoms with Crippen LogP contribution >= 0.6 is 0 Å². The number of ketones is 1. The molecule has 0 heterocycles. The predicted molar refractivity (Wildman–Crippen MR) is 168 cm³/mol. The molecule has 0 aromatic heterocycles. The van der Waals surface area contributed by atoms with Gasteiger partial charge in [-0.15, -0.1) is 0 Å². The van der Waals surface area contributed by atoms with E-state index in [1.807, 2.05) is 24.3 Å². The van der Waals surface area contributed by atoms with Crippen LogP contribution in [0.1, 0.15) is 62.0 Å². The minimum Gasteiger partial charge on any atom is -0.289 e. The third kappa shape index (κ3) is 3.30. The van der Waals surface area contributed by atoms with Crippen molar-refractivity contribution in [3.05, 3.63) is 143 Å². The Bertz CT molecular complexity index is 1760. The SMILES string of the molecule is CC(C)CC12C3=CC=C4C=C(C(=O)c5cccc6ccccc56)C=C(c5ccccc5C1=CC=C3)C42CC(C)C. The van der Waals surface area contributed by atoms with Crippen molar-refractivity contribution >= 4 is 27.7 Å². The van der Waals surface area contributed by atoms with E-state index in [0.717, 1.165) is 34.8 Å². The first-order valence-electron chi connectivity index (χ1n) is 14.7. The van der Waals surface area contributed by atoms with Crippen LogP contribution in [0.25, 0.3) is 21.9 Å². The van der Waals surface area contributed by atoms with E-state index >= 15 is 0 Å². The largest absolute Gasteiger partial charge is 0.289 e. The van der Waals surface area contributed by atoms with E-state index in [-0.39, 0.29) is 16.6 Å². The Kier molecular flexibility index (Phi) is 5.65. The molecule has 3 aromatic carbocycles. The van der Waals surface area contributed by atoms with E-state index in [0.29, 0.717) is 11.8 Å². The molecular formula is C39H36O. The van der Waals surface area contributed by atoms with Gasteiger partial charge in [0.2, 0.25) is 0 Å². The van der Waals surface area contributed by atoms with Crippen LogP contribution < -0.4 is 0 Å². The number of rotatable bonds is 6. The Labute approximate surface area is 238 Å². The summed E-state index contributed by atoms with van der Waals surface area (Å²) in [5, 5.41) is 2.11. The average molecular weight is 521 g/mol. The molecule has 0 saturated carbocycles. The zero-order valence-corrected chi connectivity index (χ0v) is 23.9. The minimum atomic E-state index is -0.233. The fourth-order valence-electron chi connectivity index (χ4n) is 8.29. The molecule has 4 aliphatic carbocycles. The lowest BCUT2D eigenvalue weighted by Crippen LogP contribution is -2.52. The molecular weight excluding hydrogens is 484 g/mol. The number of carbonyl (C=O) groups is 1. The molecule has 0 spiro atoms. The second kappa shape index (κ2) is 9.03. The second-order valence-electron chi connectivity index (χ2n) is 12.7. The third-order valence-electron chi connectivity index (χ3n) is 9.46. The van der Waals surface area contributed by atoms with Gasteiger partial charge in [-0.25, -0.2) is 0 Å². The molecule has 2 atom stereocenters. The molecule has 0 saturated heterocycles. The van der Waals surface area contributed by atoms with Gasteiger partial charge in [-0.1, -0.05) is 125 Å². The van der Waals surface area contributed by atoms with Crippen molar-refractivity contribution < 1.29 is 4.79 Å². The second-order valence-corrected chi connectivity index (χ2v) is 12.7. The molecule has 1 nitrogen and oxygen atoms in total. The lowest BCUT2D eigenvalue weighted by Gasteiger charge is -2.62. The number of Topliss-reactive ketones (excluding diaryl/α,β-unsaturated/α-hetero) is 1. The van der Waals surface area contributed by atoms with Gasteiger partial charge in [0.1, 0.15) is 0 Å². The minimum absolute atomic E-state index is 0.0957. The first kappa shape index (κ1) is 25.0. The van der Waals surface area contributed by atoms with Crippen molar-refractivity contribution in [1.82, 2.24) is 0 Å². The quantitative estimate of drug-likeness (QED) is 0.296. The molecule has 0 N–H and O–H groups in total. The number of benzene rings is 3. The Morgan fingerprint density at radius 3 is 2.05 bits per heavy atom. The lowest BCUT2D eigenvalue weighted by molar-refractivity contribution is 0.103. The van der Waals surface area contributed by atoms with Gasteiger partial charge in [0.25, 0.3) is 0 Å². The molecule has 0 aliphatic heterocycles. The van der Waals surface area contributed by atoms with E-state index in [2.05, 4.69) is 113 Å². The van der Waals surface area contributed by atoms with Crippen LogP contribution in [0.15, 0.2) is 126 Å². The smallest absolute Gasteiger partial charge is 0.193 e. The van der Waals surface area contributed by atoms with Crippen molar-refractivity contribution in [2.45, 2.75) is 40.5 Å². The van der Waals surface area contributed by atoms with Crippen molar-refractivity contribution in [3.8, 4) is 0 Å². The highest BCUT2D eigenvalue weighted by Crippen LogP contribution is 2.74. The van der Waals surface area contributed by atoms with Crippen molar-refractivity contribution in [2.75, 3.05) is 0 Å². The molecule has 198 valence electrons. The molecule has 40 heavy (non-hydrogen) atoms. The van der Waals surface area contributed by atoms with Crippen molar-refractivity contribution in [2.24, 2.45) is 22.7 Å². The van der Waals surface area contributed by atoms with Crippen LogP contribution in [0.3, 0.4) is 0 Å². The third-order valence-corrected chi connectivity index (χ3v) is 9.46. The van der Waals surface area contributed by atoms with E-state index in [4.69, 9.17) is 0 Å². The first-order chi connectivity index (χ1) is 19.4. The number of hydrogen-bond donors (Lipinski definition) is 0. The number of carbonyl (C=O) groups excluding carboxylic acids is 1. The van der Waals surface area contributed by atoms with Gasteiger partial charge >= 0.3 is 0 Å². The molecule has 0 radical (unpaired) electrons. The summed E-state index contributed by atoms with van der Waals surface area (Å²) in [6.45, 7) is 9.41. The highest BCUT2D eigenvalue weighted by molar-refractivity contribution is 6.19. The Hall–Kier alpha value is -3.97. The Balaban J connectivity index is 1.54. The monoisotopic (exact) mass is 520 g/mol. The van der Waals surface area contributed by atoms with Crippen molar-refractivity contribution in [1.29, 1.82) is 0 Å². The van der Waals surface area contributed by atoms with Crippen LogP contribution in [0.2, 0.25) is 0 Å². The van der Waals surface area contributed by atoms with Gasteiger partial charge in [0, 0.05) is 22.0 Å². The fraction of sp³-hybridized carbons (Fsp3) is 0.256.